The molecular formula is C97H152N6O12. The Morgan fingerprint density at radius 3 is 0.713 bits per heavy atom. The molecule has 6 aromatic rings. The molecule has 0 aliphatic heterocycles. The predicted molar refractivity (Wildman–Crippen MR) is 469 cm³/mol. The monoisotopic (exact) mass is 1710 g/mol. The highest BCUT2D eigenvalue weighted by Gasteiger charge is 2.45. The first-order chi connectivity index (χ1) is 98.7. The maximum absolute atomic E-state index is 12.1. The maximum atomic E-state index is 12.1. The van der Waals surface area contributed by atoms with Crippen molar-refractivity contribution in [2.45, 2.75) is 261 Å². The van der Waals surface area contributed by atoms with E-state index in [1.54, 1.807) is 0 Å². The summed E-state index contributed by atoms with van der Waals surface area (Å²) in [7, 11) is 5.58. The van der Waals surface area contributed by atoms with Crippen LogP contribution in [0.2, 0.25) is 0 Å². The quantitative estimate of drug-likeness (QED) is 0.0269. The summed E-state index contributed by atoms with van der Waals surface area (Å²) in [5, 5.41) is 131. The van der Waals surface area contributed by atoms with Crippen LogP contribution in [0.4, 0.5) is 0 Å². The first-order valence-electron chi connectivity index (χ1n) is 88.1. The lowest BCUT2D eigenvalue weighted by atomic mass is 9.70. The number of hydrogen-bond acceptors (Lipinski definition) is 18. The van der Waals surface area contributed by atoms with Crippen molar-refractivity contribution >= 4 is 0 Å². The zero-order valence-electron chi connectivity index (χ0n) is 174. The highest BCUT2D eigenvalue weighted by molar-refractivity contribution is 5.36. The first kappa shape index (κ1) is 24.3. The fraction of sp³-hybridized carbons (Fsp3) is 0.629. The highest BCUT2D eigenvalue weighted by Crippen LogP contribution is 2.47. The second-order valence-electron chi connectivity index (χ2n) is 23.2. The Balaban J connectivity index is 0.000000361. The van der Waals surface area contributed by atoms with Gasteiger partial charge in [-0.3, -0.25) is 0 Å². The molecule has 0 saturated heterocycles. The van der Waals surface area contributed by atoms with Gasteiger partial charge in [0.1, 0.15) is 34.5 Å². The third kappa shape index (κ3) is 30.1. The molecular weight excluding hydrogens is 1440 g/mol. The maximum Gasteiger partial charge on any atom is 0.115 e. The van der Waals surface area contributed by atoms with Crippen LogP contribution in [0.15, 0.2) is 145 Å². The number of phenolic OH excluding ortho intramolecular Hbond substituents is 6. The van der Waals surface area contributed by atoms with Crippen molar-refractivity contribution in [3.05, 3.63) is 178 Å². The van der Waals surface area contributed by atoms with Crippen molar-refractivity contribution in [1.29, 1.82) is 0 Å². The zero-order valence-corrected chi connectivity index (χ0v) is 60.7. The lowest BCUT2D eigenvalue weighted by molar-refractivity contribution is -0.0371. The normalized spacial score (nSPS) is 52.2. The van der Waals surface area contributed by atoms with Crippen LogP contribution in [-0.2, 0) is 0 Å². The molecule has 0 amide bonds. The van der Waals surface area contributed by atoms with Crippen LogP contribution in [0.3, 0.4) is 0 Å². The number of benzene rings is 6. The van der Waals surface area contributed by atoms with E-state index in [1.807, 2.05) is 0 Å². The summed E-state index contributed by atoms with van der Waals surface area (Å²) in [4.78, 5) is -0.197. The minimum absolute atomic E-state index is 0.261. The van der Waals surface area contributed by atoms with Gasteiger partial charge >= 0.3 is 0 Å². The van der Waals surface area contributed by atoms with Gasteiger partial charge in [0.25, 0.3) is 0 Å². The molecule has 6 atom stereocenters. The Labute approximate surface area is 851 Å². The molecule has 0 spiro atoms. The third-order valence-corrected chi connectivity index (χ3v) is 13.7. The molecule has 18 heteroatoms. The van der Waals surface area contributed by atoms with Crippen molar-refractivity contribution in [3.8, 4) is 34.5 Å². The Morgan fingerprint density at radius 1 is 0.296 bits per heavy atom. The molecule has 0 radical (unpaired) electrons. The van der Waals surface area contributed by atoms with E-state index in [9.17, 15) is 62.6 Å². The Bertz CT molecular complexity index is 9170. The molecule has 0 bridgehead atoms. The molecule has 18 nitrogen and oxygen atoms in total. The van der Waals surface area contributed by atoms with Crippen molar-refractivity contribution in [1.82, 2.24) is 29.4 Å². The van der Waals surface area contributed by atoms with E-state index in [2.05, 4.69) is 0 Å². The van der Waals surface area contributed by atoms with E-state index in [0.717, 1.165) is 26.0 Å². The van der Waals surface area contributed by atoms with Crippen LogP contribution in [-0.4, -0.2) is 248 Å². The molecule has 6 aliphatic rings. The number of aromatic hydroxyl groups is 6. The molecule has 642 valence electrons. The number of hydrogen-bond donors (Lipinski definition) is 12. The minimum atomic E-state index is -5.03. The van der Waals surface area contributed by atoms with Crippen molar-refractivity contribution in [3.63, 3.8) is 0 Å². The van der Waals surface area contributed by atoms with Gasteiger partial charge < -0.3 is 90.7 Å². The van der Waals surface area contributed by atoms with Crippen LogP contribution in [0.1, 0.15) is 415 Å². The van der Waals surface area contributed by atoms with Crippen molar-refractivity contribution < 1.29 is 216 Å². The summed E-state index contributed by atoms with van der Waals surface area (Å²) in [6.45, 7) is -39.6. The molecule has 115 heavy (non-hydrogen) atoms. The summed E-state index contributed by atoms with van der Waals surface area (Å²) < 4.78 is 924. The van der Waals surface area contributed by atoms with Crippen LogP contribution in [0.5, 0.6) is 34.5 Å². The van der Waals surface area contributed by atoms with Crippen LogP contribution < -0.4 is 0 Å². The van der Waals surface area contributed by atoms with Gasteiger partial charge in [-0.25, -0.2) is 0 Å². The minimum Gasteiger partial charge on any atom is -0.508 e. The van der Waals surface area contributed by atoms with Crippen LogP contribution >= 0.6 is 0 Å². The lowest BCUT2D eigenvalue weighted by Crippen LogP contribution is -2.43. The third-order valence-electron chi connectivity index (χ3n) is 13.7. The average Bonchev–Trinajstić information content (AvgIpc) is 0.626. The Hall–Kier alpha value is -6.36. The zero-order chi connectivity index (χ0) is 184. The van der Waals surface area contributed by atoms with E-state index in [0.29, 0.717) is 18.9 Å². The lowest BCUT2D eigenvalue weighted by Gasteiger charge is -2.42. The second-order valence-corrected chi connectivity index (χ2v) is 23.2. The average molecular weight is 1710 g/mol. The molecule has 0 heterocycles. The number of likely N-dealkylation sites (N-methyl/N-ethyl adjacent to an activating group) is 6. The van der Waals surface area contributed by atoms with E-state index in [4.69, 9.17) is 154 Å². The fourth-order valence-corrected chi connectivity index (χ4v) is 8.74. The standard InChI is InChI=1S/C17H27NO2.5C16H25NO2/c1-13-8-10-17(20,11-9-13)16(12-18(2)3)14-4-6-15(19)7-5-14;5*1-17(2)12-15(13-6-8-14(18)9-7-13)16(19)10-4-3-5-11-16/h4-7,13,16,19-20H,8-12H2,1-3H3;5*6-9,15,18-19H,3-5,10-12H2,1-2H3/i2D3,3D3,4D,5D,6D,7D,8D2,9D2,10D2,11D2,12D2,13D,16D;1D3,3D2,4D2,5D2,6D,7D,8D,9D,10D2,11D2,12D2,15D;1D3,2D3,3D2,4D2,5D2,6D,7D,8D,9D,10D2,11D2,15D;3D2,4D2,5D2,6D,7D,8D,9D,10D2,11D2,12D2,15D;1D3,3D2,4D2,5D2,6D,7D,8D,9D,10D2,11D2,15D;3D2,4D2,5D2,6D,7D,8D,9D,10D2,11D2,15D. The Morgan fingerprint density at radius 2 is 0.487 bits per heavy atom. The molecule has 6 saturated carbocycles. The van der Waals surface area contributed by atoms with Gasteiger partial charge in [0.2, 0.25) is 0 Å². The summed E-state index contributed by atoms with van der Waals surface area (Å²) in [6, 6.07) is -33.5. The van der Waals surface area contributed by atoms with Gasteiger partial charge in [-0.15, -0.1) is 0 Å². The van der Waals surface area contributed by atoms with E-state index >= 15 is 0 Å². The molecule has 6 aliphatic carbocycles. The fourth-order valence-electron chi connectivity index (χ4n) is 8.74. The molecule has 6 aromatic carbocycles. The van der Waals surface area contributed by atoms with Gasteiger partial charge in [0.15, 0.2) is 0 Å². The first-order valence-corrected chi connectivity index (χ1v) is 31.6. The predicted octanol–water partition coefficient (Wildman–Crippen LogP) is 16.6. The molecule has 12 N–H and O–H groups in total. The number of nitrogens with zero attached hydrogens (tertiary/aromatic N) is 6. The van der Waals surface area contributed by atoms with Gasteiger partial charge in [-0.2, -0.15) is 0 Å². The second kappa shape index (κ2) is 45.7. The number of rotatable bonds is 24. The summed E-state index contributed by atoms with van der Waals surface area (Å²) in [6.07, 6.45) is -123. The van der Waals surface area contributed by atoms with Crippen molar-refractivity contribution in [2.75, 3.05) is 123 Å². The largest absolute Gasteiger partial charge is 0.508 e. The topological polar surface area (TPSA) is 262 Å². The summed E-state index contributed by atoms with van der Waals surface area (Å²) in [5.41, 5.74) is -37.1. The van der Waals surface area contributed by atoms with E-state index in [-0.39, 0.29) is 9.80 Å². The SMILES string of the molecule is [2H]c1c([2H])c(C([2H])(C([2H])([2H])N(C([2H])([2H])[2H])C([2H])([2H])[2H])C2(O)C([2H])([2H])C([2H])([2H])C([2H])(C)C([2H])([2H])C2([2H])[2H])c([2H])c([2H])c1O.[2H]c1c([2H])c(C([2H])(C([2H])([2H])N(C)C([2H])([2H])[2H])C2(O)C([2H])([2H])C([2H])([2H])C([2H])([2H])C([2H])([2H])C2([2H])[2H])c([2H])c([2H])c1O.[2H]c1c([2H])c(C([2H])(C([2H])([2H])N(C)C)C2(O)C([2H])([2H])C([2H])([2H])C([2H])([2H])C([2H])([2H])C2([2H])[2H])c([2H])c([2H])c1O.[2H]c1c([2H])c(C([2H])(CN(C([2H])([2H])[2H])C([2H])([2H])[2H])C2(O)C([2H])([2H])C([2H])([2H])C([2H])([2H])C([2H])([2H])C2([2H])[2H])c([2H])c([2H])c1O.[2H]c1c([2H])c(C([2H])(CN(C)C([2H])([2H])[2H])C2(O)C([2H])([2H])C([2H])([2H])C([2H])([2H])C([2H])([2H])C2([2H])[2H])c([2H])c([2H])c1O.[2H]c1c([2H])c(C([2H])(CN(C)C)C2(O)C([2H])([2H])C([2H])([2H])C([2H])([2H])C([2H])([2H])C2([2H])[2H])c([2H])c([2H])c1O. The number of aliphatic hydroxyl groups is 6. The highest BCUT2D eigenvalue weighted by atomic mass is 16.3. The smallest absolute Gasteiger partial charge is 0.115 e. The van der Waals surface area contributed by atoms with Gasteiger partial charge in [-0.1, -0.05) is 175 Å². The Kier molecular flexibility index (Phi) is 9.66. The van der Waals surface area contributed by atoms with Gasteiger partial charge in [0, 0.05) is 196 Å². The van der Waals surface area contributed by atoms with E-state index in [1.165, 1.54) is 14.1 Å². The van der Waals surface area contributed by atoms with E-state index < -0.39 is 563 Å². The number of phenols is 6. The van der Waals surface area contributed by atoms with Gasteiger partial charge in [0.05, 0.1) is 66.5 Å². The molecule has 0 aromatic heterocycles. The molecule has 6 unspecified atom stereocenters. The summed E-state index contributed by atoms with van der Waals surface area (Å²) >= 11 is 0. The van der Waals surface area contributed by atoms with Gasteiger partial charge in [-0.05, 0) is 285 Å². The van der Waals surface area contributed by atoms with Crippen LogP contribution in [0.25, 0.3) is 0 Å². The summed E-state index contributed by atoms with van der Waals surface area (Å²) in [5.74, 6) is -36.3. The van der Waals surface area contributed by atoms with Crippen LogP contribution in [0, 0.1) is 5.89 Å². The molecule has 6 fully saturated rings. The van der Waals surface area contributed by atoms with Crippen molar-refractivity contribution in [2.24, 2.45) is 5.89 Å². The molecule has 12 rings (SSSR count).